The Labute approximate surface area is 108 Å². The van der Waals surface area contributed by atoms with Crippen molar-refractivity contribution >= 4 is 5.57 Å². The van der Waals surface area contributed by atoms with E-state index in [1.807, 2.05) is 18.2 Å². The van der Waals surface area contributed by atoms with Crippen LogP contribution in [0, 0.1) is 6.92 Å². The molecule has 18 heavy (non-hydrogen) atoms. The van der Waals surface area contributed by atoms with Gasteiger partial charge in [-0.25, -0.2) is 0 Å². The number of aryl methyl sites for hydroxylation is 1. The summed E-state index contributed by atoms with van der Waals surface area (Å²) < 4.78 is 0. The molecule has 1 N–H and O–H groups in total. The fraction of sp³-hybridized carbons (Fsp3) is 0.176. The predicted molar refractivity (Wildman–Crippen MR) is 76.7 cm³/mol. The average Bonchev–Trinajstić information content (AvgIpc) is 2.38. The second-order valence-corrected chi connectivity index (χ2v) is 4.41. The van der Waals surface area contributed by atoms with Gasteiger partial charge in [-0.1, -0.05) is 61.0 Å². The molecular formula is C17H18O. The van der Waals surface area contributed by atoms with Crippen LogP contribution in [-0.2, 0) is 0 Å². The van der Waals surface area contributed by atoms with Crippen molar-refractivity contribution in [3.63, 3.8) is 0 Å². The third kappa shape index (κ3) is 2.62. The molecule has 0 saturated heterocycles. The number of rotatable bonds is 3. The van der Waals surface area contributed by atoms with E-state index in [2.05, 4.69) is 44.2 Å². The van der Waals surface area contributed by atoms with Crippen molar-refractivity contribution in [3.8, 4) is 5.75 Å². The normalized spacial score (nSPS) is 11.6. The van der Waals surface area contributed by atoms with Crippen molar-refractivity contribution in [2.75, 3.05) is 0 Å². The minimum Gasteiger partial charge on any atom is -0.507 e. The quantitative estimate of drug-likeness (QED) is 0.832. The molecule has 0 radical (unpaired) electrons. The number of hydrogen-bond acceptors (Lipinski definition) is 1. The zero-order valence-corrected chi connectivity index (χ0v) is 10.9. The Hall–Kier alpha value is -2.02. The third-order valence-corrected chi connectivity index (χ3v) is 2.97. The summed E-state index contributed by atoms with van der Waals surface area (Å²) in [5.41, 5.74) is 4.37. The van der Waals surface area contributed by atoms with E-state index in [0.29, 0.717) is 5.75 Å². The highest BCUT2D eigenvalue weighted by Crippen LogP contribution is 2.30. The van der Waals surface area contributed by atoms with Gasteiger partial charge in [0.25, 0.3) is 0 Å². The number of para-hydroxylation sites is 1. The molecule has 0 atom stereocenters. The predicted octanol–water partition coefficient (Wildman–Crippen LogP) is 4.54. The topological polar surface area (TPSA) is 20.2 Å². The Morgan fingerprint density at radius 2 is 1.72 bits per heavy atom. The van der Waals surface area contributed by atoms with Gasteiger partial charge >= 0.3 is 0 Å². The van der Waals surface area contributed by atoms with Crippen molar-refractivity contribution in [3.05, 3.63) is 71.3 Å². The molecule has 92 valence electrons. The summed E-state index contributed by atoms with van der Waals surface area (Å²) in [5.74, 6) is 0.331. The van der Waals surface area contributed by atoms with E-state index in [4.69, 9.17) is 0 Å². The lowest BCUT2D eigenvalue weighted by Gasteiger charge is -2.10. The summed E-state index contributed by atoms with van der Waals surface area (Å²) in [5, 5.41) is 9.98. The van der Waals surface area contributed by atoms with Crippen LogP contribution in [0.5, 0.6) is 5.75 Å². The van der Waals surface area contributed by atoms with Crippen LogP contribution in [0.4, 0.5) is 0 Å². The molecular weight excluding hydrogens is 220 g/mol. The van der Waals surface area contributed by atoms with Gasteiger partial charge < -0.3 is 5.11 Å². The van der Waals surface area contributed by atoms with Crippen LogP contribution >= 0.6 is 0 Å². The molecule has 0 spiro atoms. The molecule has 1 heteroatoms. The van der Waals surface area contributed by atoms with Gasteiger partial charge in [0, 0.05) is 5.56 Å². The van der Waals surface area contributed by atoms with Crippen LogP contribution in [-0.4, -0.2) is 5.11 Å². The van der Waals surface area contributed by atoms with Crippen molar-refractivity contribution in [2.45, 2.75) is 20.3 Å². The molecule has 0 bridgehead atoms. The van der Waals surface area contributed by atoms with E-state index < -0.39 is 0 Å². The number of allylic oxidation sites excluding steroid dienone is 1. The summed E-state index contributed by atoms with van der Waals surface area (Å²) in [6.07, 6.45) is 3.09. The lowest BCUT2D eigenvalue weighted by atomic mass is 9.95. The standard InChI is InChI=1S/C17H18O/c1-3-6-15(14-11-9-13(2)10-12-14)16-7-4-5-8-17(16)18/h4-12,18H,3H2,1-2H3/b15-6+. The molecule has 0 aromatic heterocycles. The highest BCUT2D eigenvalue weighted by molar-refractivity contribution is 5.82. The van der Waals surface area contributed by atoms with Crippen molar-refractivity contribution in [2.24, 2.45) is 0 Å². The van der Waals surface area contributed by atoms with E-state index in [9.17, 15) is 5.11 Å². The molecule has 1 nitrogen and oxygen atoms in total. The molecule has 2 rings (SSSR count). The highest BCUT2D eigenvalue weighted by atomic mass is 16.3. The summed E-state index contributed by atoms with van der Waals surface area (Å²) in [6, 6.07) is 15.9. The first-order valence-electron chi connectivity index (χ1n) is 6.28. The Balaban J connectivity index is 2.51. The van der Waals surface area contributed by atoms with Crippen LogP contribution in [0.15, 0.2) is 54.6 Å². The number of hydrogen-bond donors (Lipinski definition) is 1. The summed E-state index contributed by atoms with van der Waals surface area (Å²) in [4.78, 5) is 0. The first-order valence-corrected chi connectivity index (χ1v) is 6.28. The van der Waals surface area contributed by atoms with Gasteiger partial charge in [0.05, 0.1) is 0 Å². The zero-order chi connectivity index (χ0) is 13.0. The number of phenols is 1. The molecule has 0 aliphatic carbocycles. The SMILES string of the molecule is CC/C=C(\c1ccc(C)cc1)c1ccccc1O. The Morgan fingerprint density at radius 3 is 2.33 bits per heavy atom. The maximum absolute atomic E-state index is 9.98. The second kappa shape index (κ2) is 5.54. The molecule has 0 fully saturated rings. The molecule has 0 unspecified atom stereocenters. The van der Waals surface area contributed by atoms with E-state index in [1.54, 1.807) is 6.07 Å². The van der Waals surface area contributed by atoms with E-state index in [0.717, 1.165) is 23.1 Å². The van der Waals surface area contributed by atoms with Crippen LogP contribution in [0.25, 0.3) is 5.57 Å². The maximum Gasteiger partial charge on any atom is 0.123 e. The Morgan fingerprint density at radius 1 is 1.06 bits per heavy atom. The van der Waals surface area contributed by atoms with E-state index >= 15 is 0 Å². The minimum atomic E-state index is 0.331. The van der Waals surface area contributed by atoms with Crippen molar-refractivity contribution < 1.29 is 5.11 Å². The largest absolute Gasteiger partial charge is 0.507 e. The van der Waals surface area contributed by atoms with E-state index in [1.165, 1.54) is 5.56 Å². The summed E-state index contributed by atoms with van der Waals surface area (Å²) in [7, 11) is 0. The Bertz CT molecular complexity index is 550. The third-order valence-electron chi connectivity index (χ3n) is 2.97. The Kier molecular flexibility index (Phi) is 3.83. The van der Waals surface area contributed by atoms with Crippen LogP contribution in [0.1, 0.15) is 30.0 Å². The number of aromatic hydroxyl groups is 1. The zero-order valence-electron chi connectivity index (χ0n) is 10.9. The van der Waals surface area contributed by atoms with Gasteiger partial charge in [0.15, 0.2) is 0 Å². The molecule has 0 amide bonds. The van der Waals surface area contributed by atoms with Gasteiger partial charge in [0.1, 0.15) is 5.75 Å². The number of benzene rings is 2. The van der Waals surface area contributed by atoms with Crippen LogP contribution in [0.2, 0.25) is 0 Å². The molecule has 0 saturated carbocycles. The molecule has 0 aliphatic heterocycles. The lowest BCUT2D eigenvalue weighted by Crippen LogP contribution is -1.89. The lowest BCUT2D eigenvalue weighted by molar-refractivity contribution is 0.473. The summed E-state index contributed by atoms with van der Waals surface area (Å²) >= 11 is 0. The van der Waals surface area contributed by atoms with Gasteiger partial charge in [0.2, 0.25) is 0 Å². The number of phenolic OH excluding ortho intramolecular Hbond substituents is 1. The maximum atomic E-state index is 9.98. The second-order valence-electron chi connectivity index (χ2n) is 4.41. The van der Waals surface area contributed by atoms with Gasteiger partial charge in [-0.3, -0.25) is 0 Å². The van der Waals surface area contributed by atoms with E-state index in [-0.39, 0.29) is 0 Å². The van der Waals surface area contributed by atoms with Crippen molar-refractivity contribution in [1.29, 1.82) is 0 Å². The van der Waals surface area contributed by atoms with Gasteiger partial charge in [-0.05, 0) is 30.5 Å². The first kappa shape index (κ1) is 12.4. The van der Waals surface area contributed by atoms with Gasteiger partial charge in [-0.15, -0.1) is 0 Å². The average molecular weight is 238 g/mol. The first-order chi connectivity index (χ1) is 8.72. The monoisotopic (exact) mass is 238 g/mol. The van der Waals surface area contributed by atoms with Crippen LogP contribution < -0.4 is 0 Å². The minimum absolute atomic E-state index is 0.331. The fourth-order valence-corrected chi connectivity index (χ4v) is 2.02. The molecule has 0 heterocycles. The van der Waals surface area contributed by atoms with Gasteiger partial charge in [-0.2, -0.15) is 0 Å². The smallest absolute Gasteiger partial charge is 0.123 e. The molecule has 0 aliphatic rings. The highest BCUT2D eigenvalue weighted by Gasteiger charge is 2.08. The summed E-state index contributed by atoms with van der Waals surface area (Å²) in [6.45, 7) is 4.18. The molecule has 2 aromatic carbocycles. The molecule has 2 aromatic rings. The fourth-order valence-electron chi connectivity index (χ4n) is 2.02. The van der Waals surface area contributed by atoms with Crippen molar-refractivity contribution in [1.82, 2.24) is 0 Å². The van der Waals surface area contributed by atoms with Crippen LogP contribution in [0.3, 0.4) is 0 Å².